The molecule has 1 aliphatic rings. The van der Waals surface area contributed by atoms with Gasteiger partial charge in [0, 0.05) is 30.3 Å². The SMILES string of the molecule is CNC(=O)c1c(-c2ccc(F)cc2)oc2cc(N(SC)c3ccc(OCB(O)O)c(Cl)c3)c(C3CC3)cc12. The van der Waals surface area contributed by atoms with Crippen molar-refractivity contribution in [3.63, 3.8) is 0 Å². The first-order valence-corrected chi connectivity index (χ1v) is 13.6. The predicted octanol–water partition coefficient (Wildman–Crippen LogP) is 5.94. The highest BCUT2D eigenvalue weighted by molar-refractivity contribution is 8.00. The number of hydrogen-bond donors (Lipinski definition) is 3. The average molecular weight is 555 g/mol. The number of nitrogens with one attached hydrogen (secondary N) is 1. The maximum atomic E-state index is 13.6. The van der Waals surface area contributed by atoms with Crippen LogP contribution in [0.5, 0.6) is 5.75 Å². The van der Waals surface area contributed by atoms with E-state index in [1.165, 1.54) is 24.1 Å². The number of hydrogen-bond acceptors (Lipinski definition) is 7. The van der Waals surface area contributed by atoms with E-state index in [9.17, 15) is 9.18 Å². The zero-order valence-corrected chi connectivity index (χ0v) is 22.3. The summed E-state index contributed by atoms with van der Waals surface area (Å²) in [6.45, 7) is -0.295. The minimum Gasteiger partial charge on any atom is -0.494 e. The van der Waals surface area contributed by atoms with E-state index in [1.807, 2.05) is 28.8 Å². The zero-order chi connectivity index (χ0) is 27.0. The first-order valence-electron chi connectivity index (χ1n) is 12.0. The van der Waals surface area contributed by atoms with Crippen molar-refractivity contribution in [1.82, 2.24) is 5.32 Å². The van der Waals surface area contributed by atoms with Gasteiger partial charge in [0.05, 0.1) is 22.0 Å². The average Bonchev–Trinajstić information content (AvgIpc) is 3.68. The summed E-state index contributed by atoms with van der Waals surface area (Å²) in [6.07, 6.45) is 4.02. The van der Waals surface area contributed by atoms with Crippen LogP contribution in [0, 0.1) is 5.82 Å². The molecular formula is C27H25BClFN2O5S. The molecule has 1 aliphatic carbocycles. The van der Waals surface area contributed by atoms with Gasteiger partial charge in [-0.2, -0.15) is 0 Å². The lowest BCUT2D eigenvalue weighted by molar-refractivity contribution is 0.0964. The molecule has 1 heterocycles. The van der Waals surface area contributed by atoms with Gasteiger partial charge in [-0.3, -0.25) is 9.10 Å². The summed E-state index contributed by atoms with van der Waals surface area (Å²) >= 11 is 7.94. The van der Waals surface area contributed by atoms with Crippen molar-refractivity contribution in [2.24, 2.45) is 0 Å². The van der Waals surface area contributed by atoms with E-state index in [1.54, 1.807) is 31.3 Å². The van der Waals surface area contributed by atoms with E-state index in [0.717, 1.165) is 29.8 Å². The monoisotopic (exact) mass is 554 g/mol. The number of furan rings is 1. The molecule has 4 aromatic rings. The molecule has 3 aromatic carbocycles. The molecule has 5 rings (SSSR count). The molecule has 196 valence electrons. The molecule has 3 N–H and O–H groups in total. The normalized spacial score (nSPS) is 13.0. The summed E-state index contributed by atoms with van der Waals surface area (Å²) in [5.41, 5.74) is 4.33. The standard InChI is InChI=1S/C27H25BClFN2O5S/c1-31-27(33)25-20-12-19(15-3-4-15)22(13-24(20)37-26(25)16-5-7-17(30)8-6-16)32(38-2)18-9-10-23(21(29)11-18)36-14-28(34)35/h5-13,15,34-35H,3-4,14H2,1-2H3,(H,31,33). The summed E-state index contributed by atoms with van der Waals surface area (Å²) in [6, 6.07) is 15.1. The number of fused-ring (bicyclic) bond motifs is 1. The highest BCUT2D eigenvalue weighted by Crippen LogP contribution is 2.50. The Bertz CT molecular complexity index is 1490. The molecule has 0 aliphatic heterocycles. The van der Waals surface area contributed by atoms with Crippen molar-refractivity contribution >= 4 is 58.9 Å². The van der Waals surface area contributed by atoms with Crippen LogP contribution >= 0.6 is 23.5 Å². The molecule has 0 bridgehead atoms. The molecule has 0 radical (unpaired) electrons. The third kappa shape index (κ3) is 5.22. The van der Waals surface area contributed by atoms with E-state index >= 15 is 0 Å². The number of benzene rings is 3. The van der Waals surface area contributed by atoms with Gasteiger partial charge in [-0.25, -0.2) is 4.39 Å². The Hall–Kier alpha value is -3.18. The first-order chi connectivity index (χ1) is 18.3. The fraction of sp³-hybridized carbons (Fsp3) is 0.222. The van der Waals surface area contributed by atoms with Crippen LogP contribution in [0.3, 0.4) is 0 Å². The van der Waals surface area contributed by atoms with Crippen LogP contribution in [0.25, 0.3) is 22.3 Å². The fourth-order valence-corrected chi connectivity index (χ4v) is 5.35. The van der Waals surface area contributed by atoms with Gasteiger partial charge in [0.1, 0.15) is 29.4 Å². The smallest absolute Gasteiger partial charge is 0.491 e. The number of nitrogens with zero attached hydrogens (tertiary/aromatic N) is 1. The van der Waals surface area contributed by atoms with Crippen molar-refractivity contribution in [2.75, 3.05) is 24.1 Å². The molecule has 0 saturated heterocycles. The minimum atomic E-state index is -1.60. The highest BCUT2D eigenvalue weighted by Gasteiger charge is 2.31. The van der Waals surface area contributed by atoms with Gasteiger partial charge in [0.15, 0.2) is 0 Å². The fourth-order valence-electron chi connectivity index (χ4n) is 4.44. The van der Waals surface area contributed by atoms with Crippen molar-refractivity contribution in [3.05, 3.63) is 76.6 Å². The largest absolute Gasteiger partial charge is 0.494 e. The predicted molar refractivity (Wildman–Crippen MR) is 150 cm³/mol. The van der Waals surface area contributed by atoms with Gasteiger partial charge in [-0.05, 0) is 84.8 Å². The number of rotatable bonds is 9. The molecule has 0 unspecified atom stereocenters. The van der Waals surface area contributed by atoms with E-state index in [-0.39, 0.29) is 18.2 Å². The highest BCUT2D eigenvalue weighted by atomic mass is 35.5. The van der Waals surface area contributed by atoms with Crippen LogP contribution < -0.4 is 14.4 Å². The Morgan fingerprint density at radius 2 is 1.95 bits per heavy atom. The Labute approximate surface area is 228 Å². The molecule has 1 fully saturated rings. The molecule has 1 aromatic heterocycles. The first kappa shape index (κ1) is 26.4. The van der Waals surface area contributed by atoms with Gasteiger partial charge in [-0.1, -0.05) is 11.6 Å². The van der Waals surface area contributed by atoms with Gasteiger partial charge in [-0.15, -0.1) is 0 Å². The third-order valence-electron chi connectivity index (χ3n) is 6.35. The summed E-state index contributed by atoms with van der Waals surface area (Å²) in [4.78, 5) is 13.0. The Balaban J connectivity index is 1.63. The van der Waals surface area contributed by atoms with Gasteiger partial charge in [0.2, 0.25) is 0 Å². The molecule has 11 heteroatoms. The van der Waals surface area contributed by atoms with Crippen molar-refractivity contribution < 1.29 is 28.4 Å². The molecule has 0 atom stereocenters. The van der Waals surface area contributed by atoms with E-state index < -0.39 is 7.12 Å². The Morgan fingerprint density at radius 1 is 1.21 bits per heavy atom. The summed E-state index contributed by atoms with van der Waals surface area (Å²) in [5.74, 6) is 0.407. The molecule has 7 nitrogen and oxygen atoms in total. The second-order valence-electron chi connectivity index (χ2n) is 8.96. The lowest BCUT2D eigenvalue weighted by atomic mass is 9.95. The van der Waals surface area contributed by atoms with Crippen molar-refractivity contribution in [2.45, 2.75) is 18.8 Å². The van der Waals surface area contributed by atoms with E-state index in [4.69, 9.17) is 30.8 Å². The minimum absolute atomic E-state index is 0.283. The number of anilines is 2. The van der Waals surface area contributed by atoms with E-state index in [2.05, 4.69) is 5.32 Å². The number of ether oxygens (including phenoxy) is 1. The summed E-state index contributed by atoms with van der Waals surface area (Å²) in [5, 5.41) is 21.9. The van der Waals surface area contributed by atoms with Crippen molar-refractivity contribution in [1.29, 1.82) is 0 Å². The lowest BCUT2D eigenvalue weighted by Crippen LogP contribution is -2.22. The summed E-state index contributed by atoms with van der Waals surface area (Å²) in [7, 11) is -0.0337. The summed E-state index contributed by atoms with van der Waals surface area (Å²) < 4.78 is 27.3. The Morgan fingerprint density at radius 3 is 2.55 bits per heavy atom. The topological polar surface area (TPSA) is 95.2 Å². The third-order valence-corrected chi connectivity index (χ3v) is 7.42. The maximum absolute atomic E-state index is 13.6. The molecule has 0 spiro atoms. The zero-order valence-electron chi connectivity index (χ0n) is 20.7. The van der Waals surface area contributed by atoms with Gasteiger partial charge < -0.3 is 24.5 Å². The van der Waals surface area contributed by atoms with Gasteiger partial charge in [0.25, 0.3) is 5.91 Å². The Kier molecular flexibility index (Phi) is 7.58. The lowest BCUT2D eigenvalue weighted by Gasteiger charge is -2.25. The second kappa shape index (κ2) is 10.9. The number of amides is 1. The van der Waals surface area contributed by atoms with Gasteiger partial charge >= 0.3 is 7.12 Å². The maximum Gasteiger partial charge on any atom is 0.491 e. The number of carbonyl (C=O) groups excluding carboxylic acids is 1. The second-order valence-corrected chi connectivity index (χ2v) is 10.1. The van der Waals surface area contributed by atoms with Crippen molar-refractivity contribution in [3.8, 4) is 17.1 Å². The van der Waals surface area contributed by atoms with Crippen LogP contribution in [0.4, 0.5) is 15.8 Å². The van der Waals surface area contributed by atoms with E-state index in [0.29, 0.717) is 44.5 Å². The number of halogens is 2. The van der Waals surface area contributed by atoms with Crippen LogP contribution in [-0.4, -0.2) is 42.9 Å². The molecule has 1 saturated carbocycles. The molecule has 1 amide bonds. The van der Waals surface area contributed by atoms with Crippen LogP contribution in [0.2, 0.25) is 5.02 Å². The van der Waals surface area contributed by atoms with Crippen LogP contribution in [-0.2, 0) is 0 Å². The van der Waals surface area contributed by atoms with Crippen LogP contribution in [0.15, 0.2) is 59.0 Å². The van der Waals surface area contributed by atoms with Crippen LogP contribution in [0.1, 0.15) is 34.7 Å². The molecule has 38 heavy (non-hydrogen) atoms. The quantitative estimate of drug-likeness (QED) is 0.174. The molecular weight excluding hydrogens is 530 g/mol. The number of carbonyl (C=O) groups is 1.